The van der Waals surface area contributed by atoms with Crippen molar-refractivity contribution >= 4 is 28.6 Å². The zero-order chi connectivity index (χ0) is 17.0. The minimum Gasteiger partial charge on any atom is -0.353 e. The normalized spacial score (nSPS) is 12.0. The van der Waals surface area contributed by atoms with Crippen LogP contribution in [0.25, 0.3) is 10.9 Å². The number of hydrogen-bond acceptors (Lipinski definition) is 4. The molecule has 0 saturated carbocycles. The fourth-order valence-corrected chi connectivity index (χ4v) is 3.14. The molecule has 0 aliphatic rings. The number of carbonyl (C=O) groups excluding carboxylic acids is 1. The lowest BCUT2D eigenvalue weighted by Gasteiger charge is -2.12. The lowest BCUT2D eigenvalue weighted by Crippen LogP contribution is -2.33. The average Bonchev–Trinajstić information content (AvgIpc) is 2.51. The monoisotopic (exact) mass is 327 g/mol. The Kier molecular flexibility index (Phi) is 5.62. The van der Waals surface area contributed by atoms with E-state index in [1.165, 1.54) is 11.8 Å². The van der Waals surface area contributed by atoms with Crippen molar-refractivity contribution < 1.29 is 4.79 Å². The van der Waals surface area contributed by atoms with Crippen LogP contribution in [0, 0.1) is 25.2 Å². The summed E-state index contributed by atoms with van der Waals surface area (Å²) in [5.41, 5.74) is 3.63. The zero-order valence-electron chi connectivity index (χ0n) is 13.9. The molecule has 23 heavy (non-hydrogen) atoms. The molecule has 5 heteroatoms. The molecule has 0 aliphatic heterocycles. The predicted molar refractivity (Wildman–Crippen MR) is 94.6 cm³/mol. The van der Waals surface area contributed by atoms with Crippen LogP contribution in [0.15, 0.2) is 23.2 Å². The number of fused-ring (bicyclic) bond motifs is 1. The first kappa shape index (κ1) is 17.3. The molecule has 0 spiro atoms. The predicted octanol–water partition coefficient (Wildman–Crippen LogP) is 3.73. The smallest absolute Gasteiger partial charge is 0.230 e. The van der Waals surface area contributed by atoms with E-state index >= 15 is 0 Å². The summed E-state index contributed by atoms with van der Waals surface area (Å²) in [5.74, 6) is 0.235. The van der Waals surface area contributed by atoms with Gasteiger partial charge < -0.3 is 5.32 Å². The van der Waals surface area contributed by atoms with Crippen LogP contribution in [0.5, 0.6) is 0 Å². The van der Waals surface area contributed by atoms with Gasteiger partial charge in [-0.1, -0.05) is 30.3 Å². The van der Waals surface area contributed by atoms with Crippen LogP contribution in [0.1, 0.15) is 37.0 Å². The molecule has 4 nitrogen and oxygen atoms in total. The Morgan fingerprint density at radius 1 is 1.39 bits per heavy atom. The number of nitriles is 1. The minimum absolute atomic E-state index is 0.0317. The van der Waals surface area contributed by atoms with E-state index < -0.39 is 0 Å². The fourth-order valence-electron chi connectivity index (χ4n) is 2.38. The third-order valence-corrected chi connectivity index (χ3v) is 4.69. The van der Waals surface area contributed by atoms with Gasteiger partial charge in [0.05, 0.1) is 16.8 Å². The molecule has 1 aromatic heterocycles. The molecular formula is C18H21N3OS. The van der Waals surface area contributed by atoms with Gasteiger partial charge in [0.15, 0.2) is 0 Å². The first-order chi connectivity index (χ1) is 10.9. The van der Waals surface area contributed by atoms with Gasteiger partial charge >= 0.3 is 0 Å². The summed E-state index contributed by atoms with van der Waals surface area (Å²) in [6.07, 6.45) is 0.895. The van der Waals surface area contributed by atoms with Crippen LogP contribution < -0.4 is 5.32 Å². The summed E-state index contributed by atoms with van der Waals surface area (Å²) in [6.45, 7) is 8.05. The second-order valence-corrected chi connectivity index (χ2v) is 6.74. The molecule has 1 aromatic carbocycles. The molecule has 1 atom stereocenters. The molecule has 1 heterocycles. The zero-order valence-corrected chi connectivity index (χ0v) is 14.8. The van der Waals surface area contributed by atoms with E-state index in [2.05, 4.69) is 22.4 Å². The van der Waals surface area contributed by atoms with Crippen molar-refractivity contribution in [2.45, 2.75) is 45.2 Å². The van der Waals surface area contributed by atoms with Crippen molar-refractivity contribution in [1.82, 2.24) is 10.3 Å². The molecule has 2 aromatic rings. The van der Waals surface area contributed by atoms with Gasteiger partial charge in [-0.25, -0.2) is 4.98 Å². The van der Waals surface area contributed by atoms with Crippen molar-refractivity contribution in [2.75, 3.05) is 5.75 Å². The van der Waals surface area contributed by atoms with E-state index in [-0.39, 0.29) is 17.7 Å². The number of pyridine rings is 1. The van der Waals surface area contributed by atoms with Gasteiger partial charge in [0.2, 0.25) is 5.91 Å². The Morgan fingerprint density at radius 3 is 2.78 bits per heavy atom. The number of nitrogens with zero attached hydrogens (tertiary/aromatic N) is 2. The number of thioether (sulfide) groups is 1. The van der Waals surface area contributed by atoms with Crippen molar-refractivity contribution in [3.05, 3.63) is 34.9 Å². The maximum Gasteiger partial charge on any atom is 0.230 e. The molecule has 1 amide bonds. The molecule has 2 rings (SSSR count). The van der Waals surface area contributed by atoms with Crippen LogP contribution in [-0.2, 0) is 4.79 Å². The molecule has 0 radical (unpaired) electrons. The topological polar surface area (TPSA) is 65.8 Å². The highest BCUT2D eigenvalue weighted by atomic mass is 32.2. The van der Waals surface area contributed by atoms with Crippen LogP contribution >= 0.6 is 11.8 Å². The Bertz CT molecular complexity index is 780. The molecule has 0 bridgehead atoms. The molecule has 120 valence electrons. The second kappa shape index (κ2) is 7.47. The summed E-state index contributed by atoms with van der Waals surface area (Å²) in [5, 5.41) is 13.9. The van der Waals surface area contributed by atoms with E-state index in [4.69, 9.17) is 0 Å². The lowest BCUT2D eigenvalue weighted by atomic mass is 10.1. The van der Waals surface area contributed by atoms with Crippen LogP contribution in [0.4, 0.5) is 0 Å². The molecule has 0 fully saturated rings. The Hall–Kier alpha value is -2.06. The number of rotatable bonds is 5. The number of nitrogens with one attached hydrogen (secondary N) is 1. The van der Waals surface area contributed by atoms with Crippen molar-refractivity contribution in [2.24, 2.45) is 0 Å². The fraction of sp³-hybridized carbons (Fsp3) is 0.389. The third kappa shape index (κ3) is 4.23. The maximum absolute atomic E-state index is 11.9. The summed E-state index contributed by atoms with van der Waals surface area (Å²) in [7, 11) is 0. The number of hydrogen-bond donors (Lipinski definition) is 1. The van der Waals surface area contributed by atoms with Gasteiger partial charge in [-0.15, -0.1) is 0 Å². The van der Waals surface area contributed by atoms with Crippen LogP contribution in [0.3, 0.4) is 0 Å². The molecule has 0 aliphatic carbocycles. The summed E-state index contributed by atoms with van der Waals surface area (Å²) < 4.78 is 0. The van der Waals surface area contributed by atoms with E-state index in [9.17, 15) is 10.1 Å². The maximum atomic E-state index is 11.9. The number of benzene rings is 1. The molecule has 1 N–H and O–H groups in total. The Labute approximate surface area is 141 Å². The highest BCUT2D eigenvalue weighted by Crippen LogP contribution is 2.27. The van der Waals surface area contributed by atoms with Gasteiger partial charge in [0.25, 0.3) is 0 Å². The third-order valence-electron chi connectivity index (χ3n) is 3.70. The van der Waals surface area contributed by atoms with Gasteiger partial charge in [-0.2, -0.15) is 5.26 Å². The number of amides is 1. The van der Waals surface area contributed by atoms with E-state index in [0.29, 0.717) is 10.6 Å². The molecule has 1 unspecified atom stereocenters. The quantitative estimate of drug-likeness (QED) is 0.850. The van der Waals surface area contributed by atoms with Gasteiger partial charge in [0.1, 0.15) is 11.1 Å². The van der Waals surface area contributed by atoms with Gasteiger partial charge in [-0.05, 0) is 44.9 Å². The van der Waals surface area contributed by atoms with Crippen molar-refractivity contribution in [1.29, 1.82) is 5.26 Å². The highest BCUT2D eigenvalue weighted by molar-refractivity contribution is 8.00. The summed E-state index contributed by atoms with van der Waals surface area (Å²) in [4.78, 5) is 16.5. The molecule has 0 saturated heterocycles. The largest absolute Gasteiger partial charge is 0.353 e. The second-order valence-electron chi connectivity index (χ2n) is 5.77. The first-order valence-corrected chi connectivity index (χ1v) is 8.67. The average molecular weight is 327 g/mol. The van der Waals surface area contributed by atoms with Crippen molar-refractivity contribution in [3.8, 4) is 6.07 Å². The summed E-state index contributed by atoms with van der Waals surface area (Å²) >= 11 is 1.31. The standard InChI is InChI=1S/C18H21N3OS/c1-5-13(4)20-16(22)10-23-18-15(9-19)8-14-7-11(2)6-12(3)17(14)21-18/h6-8,13H,5,10H2,1-4H3,(H,20,22). The van der Waals surface area contributed by atoms with E-state index in [1.807, 2.05) is 39.8 Å². The minimum atomic E-state index is -0.0317. The van der Waals surface area contributed by atoms with E-state index in [0.717, 1.165) is 28.5 Å². The lowest BCUT2D eigenvalue weighted by molar-refractivity contribution is -0.119. The number of aromatic nitrogens is 1. The Balaban J connectivity index is 2.26. The highest BCUT2D eigenvalue weighted by Gasteiger charge is 2.12. The van der Waals surface area contributed by atoms with Gasteiger partial charge in [-0.3, -0.25) is 4.79 Å². The van der Waals surface area contributed by atoms with Crippen LogP contribution in [-0.4, -0.2) is 22.7 Å². The number of carbonyl (C=O) groups is 1. The van der Waals surface area contributed by atoms with Crippen LogP contribution in [0.2, 0.25) is 0 Å². The SMILES string of the molecule is CCC(C)NC(=O)CSc1nc2c(C)cc(C)cc2cc1C#N. The van der Waals surface area contributed by atoms with Crippen molar-refractivity contribution in [3.63, 3.8) is 0 Å². The molecular weight excluding hydrogens is 306 g/mol. The van der Waals surface area contributed by atoms with E-state index in [1.54, 1.807) is 0 Å². The Morgan fingerprint density at radius 2 is 2.13 bits per heavy atom. The summed E-state index contributed by atoms with van der Waals surface area (Å²) in [6, 6.07) is 8.31. The number of aryl methyl sites for hydroxylation is 2. The van der Waals surface area contributed by atoms with Gasteiger partial charge in [0, 0.05) is 11.4 Å². The first-order valence-electron chi connectivity index (χ1n) is 7.68.